The molecule has 0 aliphatic carbocycles. The normalized spacial score (nSPS) is 22.7. The Kier molecular flexibility index (Phi) is 3.32. The summed E-state index contributed by atoms with van der Waals surface area (Å²) < 4.78 is 26.1. The Balaban J connectivity index is 1.87. The third-order valence-electron chi connectivity index (χ3n) is 3.17. The minimum absolute atomic E-state index is 0.0925. The van der Waals surface area contributed by atoms with E-state index >= 15 is 0 Å². The minimum Gasteiger partial charge on any atom is -0.312 e. The lowest BCUT2D eigenvalue weighted by molar-refractivity contribution is 0.507. The number of sulfone groups is 1. The van der Waals surface area contributed by atoms with Crippen molar-refractivity contribution in [2.45, 2.75) is 12.5 Å². The molecule has 6 nitrogen and oxygen atoms in total. The van der Waals surface area contributed by atoms with Gasteiger partial charge >= 0.3 is 0 Å². The van der Waals surface area contributed by atoms with Gasteiger partial charge in [-0.25, -0.2) is 8.42 Å². The topological polar surface area (TPSA) is 76.4 Å². The van der Waals surface area contributed by atoms with Crippen LogP contribution in [-0.4, -0.2) is 47.1 Å². The lowest BCUT2D eigenvalue weighted by atomic mass is 10.2. The minimum atomic E-state index is -2.93. The fraction of sp³-hybridized carbons (Fsp3) is 0.455. The van der Waals surface area contributed by atoms with E-state index in [4.69, 9.17) is 0 Å². The third kappa shape index (κ3) is 2.80. The van der Waals surface area contributed by atoms with Crippen LogP contribution in [0.1, 0.15) is 5.82 Å². The van der Waals surface area contributed by atoms with Gasteiger partial charge in [-0.15, -0.1) is 10.2 Å². The van der Waals surface area contributed by atoms with Gasteiger partial charge in [-0.3, -0.25) is 4.40 Å². The zero-order valence-electron chi connectivity index (χ0n) is 10.1. The van der Waals surface area contributed by atoms with Gasteiger partial charge < -0.3 is 5.32 Å². The van der Waals surface area contributed by atoms with E-state index in [9.17, 15) is 8.42 Å². The Labute approximate surface area is 119 Å². The number of nitrogens with zero attached hydrogens (tertiary/aromatic N) is 3. The molecule has 102 valence electrons. The average molecular weight is 345 g/mol. The van der Waals surface area contributed by atoms with Crippen LogP contribution in [0.15, 0.2) is 22.8 Å². The van der Waals surface area contributed by atoms with Crippen molar-refractivity contribution in [3.63, 3.8) is 0 Å². The van der Waals surface area contributed by atoms with E-state index in [1.165, 1.54) is 0 Å². The van der Waals surface area contributed by atoms with Crippen LogP contribution in [0.4, 0.5) is 0 Å². The fourth-order valence-electron chi connectivity index (χ4n) is 2.27. The maximum atomic E-state index is 11.6. The number of rotatable bonds is 2. The number of hydrogen-bond donors (Lipinski definition) is 1. The molecule has 1 fully saturated rings. The van der Waals surface area contributed by atoms with E-state index in [2.05, 4.69) is 31.4 Å². The van der Waals surface area contributed by atoms with Gasteiger partial charge in [0, 0.05) is 29.7 Å². The quantitative estimate of drug-likeness (QED) is 0.854. The maximum absolute atomic E-state index is 11.6. The van der Waals surface area contributed by atoms with Gasteiger partial charge in [-0.1, -0.05) is 0 Å². The fourth-order valence-corrected chi connectivity index (χ4v) is 4.05. The van der Waals surface area contributed by atoms with Crippen LogP contribution in [0.2, 0.25) is 0 Å². The molecule has 3 rings (SSSR count). The molecule has 0 aromatic carbocycles. The standard InChI is InChI=1S/C11H13BrN4O2S/c12-8-1-2-10-14-15-11(16(10)6-8)5-9-7-19(17,18)4-3-13-9/h1-2,6,9,13H,3-5,7H2. The molecule has 1 saturated heterocycles. The van der Waals surface area contributed by atoms with Crippen LogP contribution in [0.25, 0.3) is 5.65 Å². The van der Waals surface area contributed by atoms with E-state index in [0.717, 1.165) is 15.9 Å². The van der Waals surface area contributed by atoms with Gasteiger partial charge in [0.25, 0.3) is 0 Å². The Bertz CT molecular complexity index is 713. The van der Waals surface area contributed by atoms with Crippen LogP contribution in [0, 0.1) is 0 Å². The van der Waals surface area contributed by atoms with Gasteiger partial charge in [-0.2, -0.15) is 0 Å². The van der Waals surface area contributed by atoms with Crippen molar-refractivity contribution < 1.29 is 8.42 Å². The smallest absolute Gasteiger partial charge is 0.160 e. The van der Waals surface area contributed by atoms with E-state index < -0.39 is 9.84 Å². The van der Waals surface area contributed by atoms with Crippen molar-refractivity contribution in [3.8, 4) is 0 Å². The van der Waals surface area contributed by atoms with E-state index in [-0.39, 0.29) is 17.5 Å². The molecule has 2 aromatic heterocycles. The molecule has 19 heavy (non-hydrogen) atoms. The Morgan fingerprint density at radius 2 is 2.26 bits per heavy atom. The van der Waals surface area contributed by atoms with Crippen LogP contribution in [-0.2, 0) is 16.3 Å². The van der Waals surface area contributed by atoms with E-state index in [1.807, 2.05) is 22.7 Å². The lowest BCUT2D eigenvalue weighted by Crippen LogP contribution is -2.46. The first-order chi connectivity index (χ1) is 9.03. The summed E-state index contributed by atoms with van der Waals surface area (Å²) in [4.78, 5) is 0. The number of nitrogens with one attached hydrogen (secondary N) is 1. The van der Waals surface area contributed by atoms with Crippen LogP contribution in [0.3, 0.4) is 0 Å². The van der Waals surface area contributed by atoms with E-state index in [0.29, 0.717) is 13.0 Å². The summed E-state index contributed by atoms with van der Waals surface area (Å²) in [6, 6.07) is 3.67. The van der Waals surface area contributed by atoms with Crippen molar-refractivity contribution in [1.29, 1.82) is 0 Å². The molecular formula is C11H13BrN4O2S. The highest BCUT2D eigenvalue weighted by atomic mass is 79.9. The highest BCUT2D eigenvalue weighted by Crippen LogP contribution is 2.14. The molecule has 1 N–H and O–H groups in total. The number of pyridine rings is 1. The molecular weight excluding hydrogens is 332 g/mol. The molecule has 0 saturated carbocycles. The van der Waals surface area contributed by atoms with Crippen LogP contribution >= 0.6 is 15.9 Å². The Morgan fingerprint density at radius 1 is 1.42 bits per heavy atom. The van der Waals surface area contributed by atoms with Gasteiger partial charge in [0.15, 0.2) is 15.5 Å². The summed E-state index contributed by atoms with van der Waals surface area (Å²) in [7, 11) is -2.93. The molecule has 1 aliphatic rings. The molecule has 2 aromatic rings. The second kappa shape index (κ2) is 4.84. The highest BCUT2D eigenvalue weighted by molar-refractivity contribution is 9.10. The maximum Gasteiger partial charge on any atom is 0.160 e. The van der Waals surface area contributed by atoms with Crippen molar-refractivity contribution in [1.82, 2.24) is 19.9 Å². The first-order valence-electron chi connectivity index (χ1n) is 5.96. The number of aromatic nitrogens is 3. The van der Waals surface area contributed by atoms with E-state index in [1.54, 1.807) is 0 Å². The zero-order chi connectivity index (χ0) is 13.5. The largest absolute Gasteiger partial charge is 0.312 e. The molecule has 1 unspecified atom stereocenters. The summed E-state index contributed by atoms with van der Waals surface area (Å²) in [5, 5.41) is 11.4. The van der Waals surface area contributed by atoms with Gasteiger partial charge in [0.1, 0.15) is 5.82 Å². The highest BCUT2D eigenvalue weighted by Gasteiger charge is 2.25. The number of hydrogen-bond acceptors (Lipinski definition) is 5. The molecule has 1 atom stereocenters. The average Bonchev–Trinajstić information content (AvgIpc) is 2.71. The molecule has 1 aliphatic heterocycles. The molecule has 0 bridgehead atoms. The molecule has 0 spiro atoms. The first-order valence-corrected chi connectivity index (χ1v) is 8.58. The SMILES string of the molecule is O=S1(=O)CCNC(Cc2nnc3ccc(Br)cn23)C1. The van der Waals surface area contributed by atoms with Crippen molar-refractivity contribution in [2.75, 3.05) is 18.1 Å². The van der Waals surface area contributed by atoms with Crippen molar-refractivity contribution >= 4 is 31.4 Å². The Hall–Kier alpha value is -0.990. The third-order valence-corrected chi connectivity index (χ3v) is 5.37. The summed E-state index contributed by atoms with van der Waals surface area (Å²) >= 11 is 3.41. The number of halogens is 1. The summed E-state index contributed by atoms with van der Waals surface area (Å²) in [6.07, 6.45) is 2.44. The van der Waals surface area contributed by atoms with Crippen LogP contribution in [0.5, 0.6) is 0 Å². The van der Waals surface area contributed by atoms with Gasteiger partial charge in [-0.05, 0) is 28.1 Å². The molecule has 3 heterocycles. The predicted molar refractivity (Wildman–Crippen MR) is 74.8 cm³/mol. The predicted octanol–water partition coefficient (Wildman–Crippen LogP) is 0.421. The van der Waals surface area contributed by atoms with Gasteiger partial charge in [0.2, 0.25) is 0 Å². The monoisotopic (exact) mass is 344 g/mol. The summed E-state index contributed by atoms with van der Waals surface area (Å²) in [5.41, 5.74) is 0.761. The van der Waals surface area contributed by atoms with Crippen molar-refractivity contribution in [2.24, 2.45) is 0 Å². The second-order valence-corrected chi connectivity index (χ2v) is 7.81. The molecule has 0 radical (unpaired) electrons. The summed E-state index contributed by atoms with van der Waals surface area (Å²) in [5.74, 6) is 1.15. The van der Waals surface area contributed by atoms with Crippen molar-refractivity contribution in [3.05, 3.63) is 28.6 Å². The first kappa shape index (κ1) is 13.0. The number of fused-ring (bicyclic) bond motifs is 1. The second-order valence-electron chi connectivity index (χ2n) is 4.66. The van der Waals surface area contributed by atoms with Gasteiger partial charge in [0.05, 0.1) is 11.5 Å². The zero-order valence-corrected chi connectivity index (χ0v) is 12.5. The molecule has 8 heteroatoms. The molecule has 0 amide bonds. The lowest BCUT2D eigenvalue weighted by Gasteiger charge is -2.22. The summed E-state index contributed by atoms with van der Waals surface area (Å²) in [6.45, 7) is 0.507. The Morgan fingerprint density at radius 3 is 3.05 bits per heavy atom. The van der Waals surface area contributed by atoms with Crippen LogP contribution < -0.4 is 5.32 Å².